The minimum Gasteiger partial charge on any atom is -0.436 e. The maximum absolute atomic E-state index is 13.7. The summed E-state index contributed by atoms with van der Waals surface area (Å²) >= 11 is 5.66. The Hall–Kier alpha value is -1.82. The zero-order valence-electron chi connectivity index (χ0n) is 11.9. The lowest BCUT2D eigenvalue weighted by Gasteiger charge is -2.18. The molecule has 1 rings (SSSR count). The highest BCUT2D eigenvalue weighted by molar-refractivity contribution is 6.30. The van der Waals surface area contributed by atoms with Gasteiger partial charge in [-0.3, -0.25) is 4.79 Å². The molecule has 0 heterocycles. The summed E-state index contributed by atoms with van der Waals surface area (Å²) in [7, 11) is 0. The predicted molar refractivity (Wildman–Crippen MR) is 77.2 cm³/mol. The Morgan fingerprint density at radius 3 is 2.67 bits per heavy atom. The fraction of sp³-hybridized carbons (Fsp3) is 0.429. The molecule has 0 radical (unpaired) electrons. The average Bonchev–Trinajstić information content (AvgIpc) is 2.38. The second kappa shape index (κ2) is 7.83. The molecular weight excluding hydrogens is 299 g/mol. The van der Waals surface area contributed by atoms with E-state index < -0.39 is 23.9 Å². The molecule has 0 fully saturated rings. The van der Waals surface area contributed by atoms with Gasteiger partial charge < -0.3 is 15.8 Å². The van der Waals surface area contributed by atoms with E-state index in [9.17, 15) is 14.0 Å². The van der Waals surface area contributed by atoms with Crippen LogP contribution in [0.2, 0.25) is 5.02 Å². The van der Waals surface area contributed by atoms with Crippen molar-refractivity contribution in [3.8, 4) is 0 Å². The van der Waals surface area contributed by atoms with E-state index in [0.29, 0.717) is 6.42 Å². The minimum absolute atomic E-state index is 0.0196. The molecule has 1 aromatic rings. The van der Waals surface area contributed by atoms with E-state index in [0.717, 1.165) is 0 Å². The second-order valence-electron chi connectivity index (χ2n) is 4.99. The molecule has 0 aliphatic carbocycles. The SMILES string of the molecule is CC(C)CC(OC(N)=O)C(=O)NCc1cccc(Cl)c1F. The quantitative estimate of drug-likeness (QED) is 0.846. The monoisotopic (exact) mass is 316 g/mol. The zero-order valence-corrected chi connectivity index (χ0v) is 12.6. The van der Waals surface area contributed by atoms with Crippen molar-refractivity contribution in [3.05, 3.63) is 34.6 Å². The molecule has 0 aromatic heterocycles. The number of benzene rings is 1. The Bertz CT molecular complexity index is 523. The van der Waals surface area contributed by atoms with Crippen LogP contribution < -0.4 is 11.1 Å². The number of carbonyl (C=O) groups excluding carboxylic acids is 2. The lowest BCUT2D eigenvalue weighted by molar-refractivity contribution is -0.130. The van der Waals surface area contributed by atoms with Crippen LogP contribution in [0.25, 0.3) is 0 Å². The topological polar surface area (TPSA) is 81.4 Å². The van der Waals surface area contributed by atoms with Gasteiger partial charge in [0.2, 0.25) is 0 Å². The van der Waals surface area contributed by atoms with Crippen molar-refractivity contribution in [2.45, 2.75) is 32.9 Å². The number of hydrogen-bond acceptors (Lipinski definition) is 3. The van der Waals surface area contributed by atoms with Crippen LogP contribution in [-0.4, -0.2) is 18.1 Å². The van der Waals surface area contributed by atoms with Crippen LogP contribution in [0.4, 0.5) is 9.18 Å². The van der Waals surface area contributed by atoms with Crippen LogP contribution in [0.5, 0.6) is 0 Å². The first-order valence-electron chi connectivity index (χ1n) is 6.48. The van der Waals surface area contributed by atoms with Crippen molar-refractivity contribution in [1.82, 2.24) is 5.32 Å². The van der Waals surface area contributed by atoms with Gasteiger partial charge in [-0.2, -0.15) is 0 Å². The third-order valence-electron chi connectivity index (χ3n) is 2.72. The molecule has 21 heavy (non-hydrogen) atoms. The fourth-order valence-corrected chi connectivity index (χ4v) is 1.95. The number of amides is 2. The molecule has 0 spiro atoms. The molecule has 5 nitrogen and oxygen atoms in total. The van der Waals surface area contributed by atoms with E-state index in [1.165, 1.54) is 12.1 Å². The fourth-order valence-electron chi connectivity index (χ4n) is 1.76. The van der Waals surface area contributed by atoms with Crippen LogP contribution >= 0.6 is 11.6 Å². The second-order valence-corrected chi connectivity index (χ2v) is 5.39. The first-order chi connectivity index (χ1) is 9.81. The molecule has 116 valence electrons. The Labute approximate surface area is 127 Å². The highest BCUT2D eigenvalue weighted by atomic mass is 35.5. The van der Waals surface area contributed by atoms with Crippen molar-refractivity contribution < 1.29 is 18.7 Å². The molecule has 7 heteroatoms. The summed E-state index contributed by atoms with van der Waals surface area (Å²) in [5.41, 5.74) is 5.19. The lowest BCUT2D eigenvalue weighted by atomic mass is 10.1. The van der Waals surface area contributed by atoms with Gasteiger partial charge in [-0.15, -0.1) is 0 Å². The van der Waals surface area contributed by atoms with E-state index in [1.54, 1.807) is 6.07 Å². The first-order valence-corrected chi connectivity index (χ1v) is 6.85. The zero-order chi connectivity index (χ0) is 16.0. The molecular formula is C14H18ClFN2O3. The number of rotatable bonds is 6. The van der Waals surface area contributed by atoms with Gasteiger partial charge >= 0.3 is 6.09 Å². The van der Waals surface area contributed by atoms with Gasteiger partial charge in [-0.05, 0) is 18.4 Å². The molecule has 3 N–H and O–H groups in total. The number of hydrogen-bond donors (Lipinski definition) is 2. The van der Waals surface area contributed by atoms with E-state index in [-0.39, 0.29) is 23.0 Å². The summed E-state index contributed by atoms with van der Waals surface area (Å²) in [5, 5.41) is 2.49. The van der Waals surface area contributed by atoms with Crippen molar-refractivity contribution in [2.75, 3.05) is 0 Å². The lowest BCUT2D eigenvalue weighted by Crippen LogP contribution is -2.39. The highest BCUT2D eigenvalue weighted by Gasteiger charge is 2.23. The van der Waals surface area contributed by atoms with Gasteiger partial charge in [-0.25, -0.2) is 9.18 Å². The van der Waals surface area contributed by atoms with Crippen LogP contribution in [0.1, 0.15) is 25.8 Å². The summed E-state index contributed by atoms with van der Waals surface area (Å²) in [6.07, 6.45) is -1.69. The smallest absolute Gasteiger partial charge is 0.405 e. The third-order valence-corrected chi connectivity index (χ3v) is 3.01. The molecule has 2 amide bonds. The van der Waals surface area contributed by atoms with Crippen LogP contribution in [0.15, 0.2) is 18.2 Å². The van der Waals surface area contributed by atoms with Gasteiger partial charge in [0.25, 0.3) is 5.91 Å². The molecule has 1 aromatic carbocycles. The summed E-state index contributed by atoms with van der Waals surface area (Å²) in [5.74, 6) is -0.986. The maximum atomic E-state index is 13.7. The normalized spacial score (nSPS) is 12.0. The Morgan fingerprint density at radius 2 is 2.10 bits per heavy atom. The summed E-state index contributed by atoms with van der Waals surface area (Å²) < 4.78 is 18.5. The summed E-state index contributed by atoms with van der Waals surface area (Å²) in [6, 6.07) is 4.51. The number of halogens is 2. The maximum Gasteiger partial charge on any atom is 0.405 e. The number of nitrogens with one attached hydrogen (secondary N) is 1. The number of ether oxygens (including phenoxy) is 1. The van der Waals surface area contributed by atoms with Crippen molar-refractivity contribution in [1.29, 1.82) is 0 Å². The van der Waals surface area contributed by atoms with E-state index in [2.05, 4.69) is 5.32 Å². The Kier molecular flexibility index (Phi) is 6.42. The number of carbonyl (C=O) groups is 2. The van der Waals surface area contributed by atoms with E-state index >= 15 is 0 Å². The number of primary amides is 1. The molecule has 1 unspecified atom stereocenters. The highest BCUT2D eigenvalue weighted by Crippen LogP contribution is 2.17. The summed E-state index contributed by atoms with van der Waals surface area (Å²) in [6.45, 7) is 3.70. The predicted octanol–water partition coefficient (Wildman–Crippen LogP) is 2.61. The van der Waals surface area contributed by atoms with Gasteiger partial charge in [0.1, 0.15) is 5.82 Å². The van der Waals surface area contributed by atoms with E-state index in [1.807, 2.05) is 13.8 Å². The molecule has 0 aliphatic heterocycles. The van der Waals surface area contributed by atoms with Gasteiger partial charge in [0, 0.05) is 12.1 Å². The van der Waals surface area contributed by atoms with Gasteiger partial charge in [0.15, 0.2) is 6.10 Å². The molecule has 0 aliphatic rings. The summed E-state index contributed by atoms with van der Waals surface area (Å²) in [4.78, 5) is 22.8. The Morgan fingerprint density at radius 1 is 1.43 bits per heavy atom. The van der Waals surface area contributed by atoms with Crippen LogP contribution in [0, 0.1) is 11.7 Å². The molecule has 0 bridgehead atoms. The minimum atomic E-state index is -1.02. The average molecular weight is 317 g/mol. The van der Waals surface area contributed by atoms with Crippen molar-refractivity contribution in [2.24, 2.45) is 11.7 Å². The molecule has 1 atom stereocenters. The molecule has 0 saturated carbocycles. The first kappa shape index (κ1) is 17.2. The van der Waals surface area contributed by atoms with Gasteiger partial charge in [0.05, 0.1) is 5.02 Å². The van der Waals surface area contributed by atoms with Crippen molar-refractivity contribution >= 4 is 23.6 Å². The molecule has 0 saturated heterocycles. The van der Waals surface area contributed by atoms with Crippen LogP contribution in [0.3, 0.4) is 0 Å². The Balaban J connectivity index is 2.68. The van der Waals surface area contributed by atoms with Crippen molar-refractivity contribution in [3.63, 3.8) is 0 Å². The third kappa shape index (κ3) is 5.59. The standard InChI is InChI=1S/C14H18ClFN2O3/c1-8(2)6-11(21-14(17)20)13(19)18-7-9-4-3-5-10(15)12(9)16/h3-5,8,11H,6-7H2,1-2H3,(H2,17,20)(H,18,19). The van der Waals surface area contributed by atoms with E-state index in [4.69, 9.17) is 22.1 Å². The van der Waals surface area contributed by atoms with Gasteiger partial charge in [-0.1, -0.05) is 37.6 Å². The number of nitrogens with two attached hydrogens (primary N) is 1. The largest absolute Gasteiger partial charge is 0.436 e. The van der Waals surface area contributed by atoms with Crippen LogP contribution in [-0.2, 0) is 16.1 Å².